The maximum atomic E-state index is 5.75. The third kappa shape index (κ3) is 4.32. The second-order valence-corrected chi connectivity index (χ2v) is 6.64. The average Bonchev–Trinajstić information content (AvgIpc) is 2.46. The molecular formula is C18H30N2. The summed E-state index contributed by atoms with van der Waals surface area (Å²) >= 11 is 0. The van der Waals surface area contributed by atoms with Gasteiger partial charge in [-0.15, -0.1) is 0 Å². The maximum Gasteiger partial charge on any atom is 0.0350 e. The molecule has 0 saturated carbocycles. The van der Waals surface area contributed by atoms with Gasteiger partial charge in [0.15, 0.2) is 0 Å². The predicted octanol–water partition coefficient (Wildman–Crippen LogP) is 3.83. The summed E-state index contributed by atoms with van der Waals surface area (Å²) in [5.74, 6) is 1.53. The third-order valence-electron chi connectivity index (χ3n) is 4.45. The van der Waals surface area contributed by atoms with Gasteiger partial charge in [-0.1, -0.05) is 44.2 Å². The summed E-state index contributed by atoms with van der Waals surface area (Å²) in [6.07, 6.45) is 5.11. The van der Waals surface area contributed by atoms with Crippen LogP contribution in [-0.4, -0.2) is 24.5 Å². The molecule has 1 heterocycles. The molecule has 2 N–H and O–H groups in total. The monoisotopic (exact) mass is 274 g/mol. The van der Waals surface area contributed by atoms with Crippen molar-refractivity contribution in [2.75, 3.05) is 19.6 Å². The van der Waals surface area contributed by atoms with Gasteiger partial charge in [0.1, 0.15) is 0 Å². The van der Waals surface area contributed by atoms with Gasteiger partial charge in [0.2, 0.25) is 0 Å². The van der Waals surface area contributed by atoms with E-state index in [-0.39, 0.29) is 0 Å². The predicted molar refractivity (Wildman–Crippen MR) is 86.6 cm³/mol. The number of piperidine rings is 1. The lowest BCUT2D eigenvalue weighted by Gasteiger charge is -2.39. The van der Waals surface area contributed by atoms with Gasteiger partial charge in [0.25, 0.3) is 0 Å². The largest absolute Gasteiger partial charge is 0.330 e. The SMILES string of the molecule is CC(C)CC(c1ccccc1)N1CCCC(CCN)C1. The van der Waals surface area contributed by atoms with Gasteiger partial charge >= 0.3 is 0 Å². The van der Waals surface area contributed by atoms with Gasteiger partial charge in [-0.25, -0.2) is 0 Å². The number of hydrogen-bond acceptors (Lipinski definition) is 2. The quantitative estimate of drug-likeness (QED) is 0.854. The van der Waals surface area contributed by atoms with Gasteiger partial charge in [0.05, 0.1) is 0 Å². The minimum absolute atomic E-state index is 0.580. The summed E-state index contributed by atoms with van der Waals surface area (Å²) in [4.78, 5) is 2.71. The van der Waals surface area contributed by atoms with E-state index in [1.807, 2.05) is 0 Å². The van der Waals surface area contributed by atoms with E-state index in [1.54, 1.807) is 0 Å². The average molecular weight is 274 g/mol. The number of nitrogens with two attached hydrogens (primary N) is 1. The molecule has 0 radical (unpaired) electrons. The number of nitrogens with zero attached hydrogens (tertiary/aromatic N) is 1. The van der Waals surface area contributed by atoms with Crippen LogP contribution in [0.1, 0.15) is 51.1 Å². The molecule has 2 unspecified atom stereocenters. The highest BCUT2D eigenvalue weighted by atomic mass is 15.2. The maximum absolute atomic E-state index is 5.75. The first kappa shape index (κ1) is 15.5. The molecule has 2 atom stereocenters. The second kappa shape index (κ2) is 7.80. The standard InChI is InChI=1S/C18H30N2/c1-15(2)13-18(17-8-4-3-5-9-17)20-12-6-7-16(14-20)10-11-19/h3-5,8-9,15-16,18H,6-7,10-14,19H2,1-2H3. The Morgan fingerprint density at radius 2 is 2.00 bits per heavy atom. The molecule has 2 rings (SSSR count). The highest BCUT2D eigenvalue weighted by molar-refractivity contribution is 5.19. The smallest absolute Gasteiger partial charge is 0.0350 e. The van der Waals surface area contributed by atoms with Crippen LogP contribution < -0.4 is 5.73 Å². The van der Waals surface area contributed by atoms with Crippen LogP contribution in [0.2, 0.25) is 0 Å². The zero-order valence-corrected chi connectivity index (χ0v) is 13.1. The summed E-state index contributed by atoms with van der Waals surface area (Å²) in [6, 6.07) is 11.6. The van der Waals surface area contributed by atoms with E-state index < -0.39 is 0 Å². The fourth-order valence-electron chi connectivity index (χ4n) is 3.47. The molecule has 112 valence electrons. The highest BCUT2D eigenvalue weighted by Crippen LogP contribution is 2.32. The molecule has 0 amide bonds. The number of hydrogen-bond donors (Lipinski definition) is 1. The lowest BCUT2D eigenvalue weighted by molar-refractivity contribution is 0.106. The summed E-state index contributed by atoms with van der Waals surface area (Å²) in [5, 5.41) is 0. The minimum atomic E-state index is 0.580. The molecule has 1 aliphatic heterocycles. The molecule has 20 heavy (non-hydrogen) atoms. The Morgan fingerprint density at radius 3 is 2.65 bits per heavy atom. The van der Waals surface area contributed by atoms with Crippen LogP contribution in [0.3, 0.4) is 0 Å². The summed E-state index contributed by atoms with van der Waals surface area (Å²) < 4.78 is 0. The lowest BCUT2D eigenvalue weighted by atomic mass is 9.89. The third-order valence-corrected chi connectivity index (χ3v) is 4.45. The molecule has 1 fully saturated rings. The van der Waals surface area contributed by atoms with E-state index in [0.29, 0.717) is 6.04 Å². The van der Waals surface area contributed by atoms with Crippen molar-refractivity contribution in [3.63, 3.8) is 0 Å². The van der Waals surface area contributed by atoms with Gasteiger partial charge in [0, 0.05) is 12.6 Å². The Labute approximate surface area is 124 Å². The van der Waals surface area contributed by atoms with Crippen LogP contribution >= 0.6 is 0 Å². The topological polar surface area (TPSA) is 29.3 Å². The van der Waals surface area contributed by atoms with E-state index in [1.165, 1.54) is 44.3 Å². The Hall–Kier alpha value is -0.860. The van der Waals surface area contributed by atoms with Crippen LogP contribution in [0.15, 0.2) is 30.3 Å². The summed E-state index contributed by atoms with van der Waals surface area (Å²) in [6.45, 7) is 7.96. The molecule has 0 aliphatic carbocycles. The first-order chi connectivity index (χ1) is 9.70. The molecule has 1 aromatic carbocycles. The Balaban J connectivity index is 2.10. The van der Waals surface area contributed by atoms with Crippen molar-refractivity contribution in [1.29, 1.82) is 0 Å². The molecule has 1 aromatic rings. The molecular weight excluding hydrogens is 244 g/mol. The van der Waals surface area contributed by atoms with Crippen LogP contribution in [0.25, 0.3) is 0 Å². The molecule has 2 nitrogen and oxygen atoms in total. The first-order valence-electron chi connectivity index (χ1n) is 8.19. The fourth-order valence-corrected chi connectivity index (χ4v) is 3.47. The highest BCUT2D eigenvalue weighted by Gasteiger charge is 2.26. The van der Waals surface area contributed by atoms with Crippen LogP contribution in [0.4, 0.5) is 0 Å². The van der Waals surface area contributed by atoms with Crippen molar-refractivity contribution in [3.05, 3.63) is 35.9 Å². The van der Waals surface area contributed by atoms with E-state index in [4.69, 9.17) is 5.73 Å². The fraction of sp³-hybridized carbons (Fsp3) is 0.667. The molecule has 0 aromatic heterocycles. The molecule has 1 aliphatic rings. The summed E-state index contributed by atoms with van der Waals surface area (Å²) in [7, 11) is 0. The van der Waals surface area contributed by atoms with Gasteiger partial charge < -0.3 is 5.73 Å². The number of likely N-dealkylation sites (tertiary alicyclic amines) is 1. The van der Waals surface area contributed by atoms with Gasteiger partial charge in [-0.3, -0.25) is 4.90 Å². The van der Waals surface area contributed by atoms with E-state index >= 15 is 0 Å². The van der Waals surface area contributed by atoms with Gasteiger partial charge in [-0.05, 0) is 56.2 Å². The zero-order chi connectivity index (χ0) is 14.4. The number of rotatable bonds is 6. The molecule has 0 bridgehead atoms. The second-order valence-electron chi connectivity index (χ2n) is 6.64. The first-order valence-corrected chi connectivity index (χ1v) is 8.19. The van der Waals surface area contributed by atoms with Crippen molar-refractivity contribution in [1.82, 2.24) is 4.90 Å². The van der Waals surface area contributed by atoms with E-state index in [2.05, 4.69) is 49.1 Å². The molecule has 1 saturated heterocycles. The van der Waals surface area contributed by atoms with E-state index in [9.17, 15) is 0 Å². The Morgan fingerprint density at radius 1 is 1.25 bits per heavy atom. The van der Waals surface area contributed by atoms with Crippen molar-refractivity contribution >= 4 is 0 Å². The Kier molecular flexibility index (Phi) is 6.06. The van der Waals surface area contributed by atoms with Crippen molar-refractivity contribution < 1.29 is 0 Å². The summed E-state index contributed by atoms with van der Waals surface area (Å²) in [5.41, 5.74) is 7.24. The molecule has 0 spiro atoms. The van der Waals surface area contributed by atoms with Crippen molar-refractivity contribution in [2.24, 2.45) is 17.6 Å². The van der Waals surface area contributed by atoms with Crippen LogP contribution in [0.5, 0.6) is 0 Å². The Bertz CT molecular complexity index is 372. The normalized spacial score (nSPS) is 22.1. The number of benzene rings is 1. The lowest BCUT2D eigenvalue weighted by Crippen LogP contribution is -2.39. The zero-order valence-electron chi connectivity index (χ0n) is 13.1. The van der Waals surface area contributed by atoms with Gasteiger partial charge in [-0.2, -0.15) is 0 Å². The van der Waals surface area contributed by atoms with Crippen LogP contribution in [-0.2, 0) is 0 Å². The van der Waals surface area contributed by atoms with E-state index in [0.717, 1.165) is 18.4 Å². The van der Waals surface area contributed by atoms with Crippen molar-refractivity contribution in [3.8, 4) is 0 Å². The van der Waals surface area contributed by atoms with Crippen molar-refractivity contribution in [2.45, 2.75) is 45.6 Å². The molecule has 2 heteroatoms. The van der Waals surface area contributed by atoms with Crippen LogP contribution in [0, 0.1) is 11.8 Å². The minimum Gasteiger partial charge on any atom is -0.330 e.